The number of hydrogen-bond acceptors (Lipinski definition) is 3. The first kappa shape index (κ1) is 14.2. The highest BCUT2D eigenvalue weighted by Gasteiger charge is 2.17. The Morgan fingerprint density at radius 2 is 1.85 bits per heavy atom. The van der Waals surface area contributed by atoms with Crippen molar-refractivity contribution < 1.29 is 14.6 Å². The molecule has 0 fully saturated rings. The average Bonchev–Trinajstić information content (AvgIpc) is 2.46. The lowest BCUT2D eigenvalue weighted by Crippen LogP contribution is -2.14. The van der Waals surface area contributed by atoms with E-state index >= 15 is 0 Å². The molecule has 0 aliphatic carbocycles. The molecule has 1 N–H and O–H groups in total. The predicted octanol–water partition coefficient (Wildman–Crippen LogP) is 3.81. The fourth-order valence-electron chi connectivity index (χ4n) is 1.95. The summed E-state index contributed by atoms with van der Waals surface area (Å²) in [6, 6.07) is 12.4. The molecule has 0 radical (unpaired) electrons. The summed E-state index contributed by atoms with van der Waals surface area (Å²) >= 11 is 5.98. The number of hydrogen-bond donors (Lipinski definition) is 1. The van der Waals surface area contributed by atoms with E-state index in [1.807, 2.05) is 24.3 Å². The number of halogens is 1. The summed E-state index contributed by atoms with van der Waals surface area (Å²) in [5.74, 6) is -0.308. The summed E-state index contributed by atoms with van der Waals surface area (Å²) in [6.45, 7) is 0. The van der Waals surface area contributed by atoms with E-state index in [4.69, 9.17) is 16.3 Å². The van der Waals surface area contributed by atoms with Crippen LogP contribution in [0, 0.1) is 0 Å². The number of aromatic carboxylic acids is 1. The maximum Gasteiger partial charge on any atom is 0.339 e. The van der Waals surface area contributed by atoms with Gasteiger partial charge in [0.05, 0.1) is 17.8 Å². The fourth-order valence-corrected chi connectivity index (χ4v) is 2.20. The van der Waals surface area contributed by atoms with Crippen molar-refractivity contribution in [1.29, 1.82) is 0 Å². The van der Waals surface area contributed by atoms with Gasteiger partial charge in [0.15, 0.2) is 0 Å². The molecule has 5 heteroatoms. The van der Waals surface area contributed by atoms with Gasteiger partial charge < -0.3 is 14.7 Å². The minimum absolute atomic E-state index is 0.0903. The normalized spacial score (nSPS) is 10.2. The van der Waals surface area contributed by atoms with E-state index < -0.39 is 5.97 Å². The molecule has 104 valence electrons. The molecule has 0 aliphatic heterocycles. The zero-order valence-electron chi connectivity index (χ0n) is 11.1. The van der Waals surface area contributed by atoms with Gasteiger partial charge in [-0.25, -0.2) is 4.79 Å². The second-order valence-corrected chi connectivity index (χ2v) is 4.60. The quantitative estimate of drug-likeness (QED) is 0.930. The molecule has 2 aromatic rings. The molecule has 0 unspecified atom stereocenters. The number of carbonyl (C=O) groups is 1. The van der Waals surface area contributed by atoms with Crippen LogP contribution in [0.1, 0.15) is 10.4 Å². The maximum absolute atomic E-state index is 11.3. The highest BCUT2D eigenvalue weighted by atomic mass is 35.5. The number of anilines is 2. The van der Waals surface area contributed by atoms with Crippen molar-refractivity contribution in [1.82, 2.24) is 0 Å². The zero-order valence-corrected chi connectivity index (χ0v) is 11.9. The van der Waals surface area contributed by atoms with Crippen LogP contribution >= 0.6 is 11.6 Å². The molecule has 0 aliphatic rings. The van der Waals surface area contributed by atoms with Crippen molar-refractivity contribution in [3.05, 3.63) is 53.1 Å². The number of rotatable bonds is 4. The molecular formula is C15H14ClNO3. The van der Waals surface area contributed by atoms with Crippen LogP contribution in [-0.4, -0.2) is 25.2 Å². The topological polar surface area (TPSA) is 49.8 Å². The zero-order chi connectivity index (χ0) is 14.7. The lowest BCUT2D eigenvalue weighted by Gasteiger charge is -2.22. The maximum atomic E-state index is 11.3. The smallest absolute Gasteiger partial charge is 0.339 e. The van der Waals surface area contributed by atoms with Crippen LogP contribution in [0.15, 0.2) is 42.5 Å². The van der Waals surface area contributed by atoms with Gasteiger partial charge in [-0.3, -0.25) is 0 Å². The third-order valence-corrected chi connectivity index (χ3v) is 3.34. The Bertz CT molecular complexity index is 626. The monoisotopic (exact) mass is 291 g/mol. The van der Waals surface area contributed by atoms with Crippen molar-refractivity contribution in [2.45, 2.75) is 0 Å². The molecule has 4 nitrogen and oxygen atoms in total. The van der Waals surface area contributed by atoms with Crippen molar-refractivity contribution in [3.63, 3.8) is 0 Å². The SMILES string of the molecule is COc1ccc(N(C)c2cccc(Cl)c2C(=O)O)cc1. The van der Waals surface area contributed by atoms with Crippen molar-refractivity contribution in [3.8, 4) is 5.75 Å². The lowest BCUT2D eigenvalue weighted by atomic mass is 10.1. The first-order chi connectivity index (χ1) is 9.54. The lowest BCUT2D eigenvalue weighted by molar-refractivity contribution is 0.0698. The summed E-state index contributed by atoms with van der Waals surface area (Å²) in [4.78, 5) is 13.1. The second-order valence-electron chi connectivity index (χ2n) is 4.20. The summed E-state index contributed by atoms with van der Waals surface area (Å²) in [5, 5.41) is 9.51. The highest BCUT2D eigenvalue weighted by Crippen LogP contribution is 2.32. The van der Waals surface area contributed by atoms with E-state index in [-0.39, 0.29) is 10.6 Å². The molecule has 2 rings (SSSR count). The van der Waals surface area contributed by atoms with Crippen molar-refractivity contribution >= 4 is 28.9 Å². The summed E-state index contributed by atoms with van der Waals surface area (Å²) in [7, 11) is 3.39. The summed E-state index contributed by atoms with van der Waals surface area (Å²) < 4.78 is 5.10. The van der Waals surface area contributed by atoms with E-state index in [0.717, 1.165) is 11.4 Å². The van der Waals surface area contributed by atoms with Gasteiger partial charge in [0, 0.05) is 12.7 Å². The minimum atomic E-state index is -1.05. The van der Waals surface area contributed by atoms with Crippen LogP contribution in [0.2, 0.25) is 5.02 Å². The minimum Gasteiger partial charge on any atom is -0.497 e. The number of methoxy groups -OCH3 is 1. The van der Waals surface area contributed by atoms with E-state index in [0.29, 0.717) is 5.69 Å². The van der Waals surface area contributed by atoms with Crippen LogP contribution in [0.25, 0.3) is 0 Å². The van der Waals surface area contributed by atoms with Gasteiger partial charge in [0.25, 0.3) is 0 Å². The summed E-state index contributed by atoms with van der Waals surface area (Å²) in [5.41, 5.74) is 1.47. The molecule has 0 aromatic heterocycles. The standard InChI is InChI=1S/C15H14ClNO3/c1-17(10-6-8-11(20-2)9-7-10)13-5-3-4-12(16)14(13)15(18)19/h3-9H,1-2H3,(H,18,19). The molecule has 0 bridgehead atoms. The van der Waals surface area contributed by atoms with Crippen LogP contribution in [-0.2, 0) is 0 Å². The highest BCUT2D eigenvalue weighted by molar-refractivity contribution is 6.34. The van der Waals surface area contributed by atoms with Crippen molar-refractivity contribution in [2.24, 2.45) is 0 Å². The van der Waals surface area contributed by atoms with Crippen LogP contribution < -0.4 is 9.64 Å². The largest absolute Gasteiger partial charge is 0.497 e. The Labute approximate surface area is 122 Å². The van der Waals surface area contributed by atoms with Gasteiger partial charge in [-0.15, -0.1) is 0 Å². The van der Waals surface area contributed by atoms with E-state index in [9.17, 15) is 9.90 Å². The van der Waals surface area contributed by atoms with Gasteiger partial charge in [-0.2, -0.15) is 0 Å². The van der Waals surface area contributed by atoms with Gasteiger partial charge in [0.1, 0.15) is 11.3 Å². The Morgan fingerprint density at radius 1 is 1.20 bits per heavy atom. The van der Waals surface area contributed by atoms with Gasteiger partial charge >= 0.3 is 5.97 Å². The first-order valence-corrected chi connectivity index (χ1v) is 6.32. The Balaban J connectivity index is 2.44. The van der Waals surface area contributed by atoms with E-state index in [1.165, 1.54) is 0 Å². The molecule has 20 heavy (non-hydrogen) atoms. The van der Waals surface area contributed by atoms with Crippen LogP contribution in [0.5, 0.6) is 5.75 Å². The predicted molar refractivity (Wildman–Crippen MR) is 79.5 cm³/mol. The number of nitrogens with zero attached hydrogens (tertiary/aromatic N) is 1. The Hall–Kier alpha value is -2.20. The molecule has 0 spiro atoms. The number of carboxylic acids is 1. The van der Waals surface area contributed by atoms with Crippen molar-refractivity contribution in [2.75, 3.05) is 19.1 Å². The Morgan fingerprint density at radius 3 is 2.40 bits per heavy atom. The molecule has 0 saturated heterocycles. The molecule has 0 atom stereocenters. The van der Waals surface area contributed by atoms with Gasteiger partial charge in [0.2, 0.25) is 0 Å². The molecule has 2 aromatic carbocycles. The van der Waals surface area contributed by atoms with Gasteiger partial charge in [-0.05, 0) is 36.4 Å². The molecule has 0 saturated carbocycles. The Kier molecular flexibility index (Phi) is 4.15. The third kappa shape index (κ3) is 2.70. The van der Waals surface area contributed by atoms with E-state index in [2.05, 4.69) is 0 Å². The molecule has 0 amide bonds. The van der Waals surface area contributed by atoms with Gasteiger partial charge in [-0.1, -0.05) is 17.7 Å². The average molecular weight is 292 g/mol. The first-order valence-electron chi connectivity index (χ1n) is 5.94. The summed E-state index contributed by atoms with van der Waals surface area (Å²) in [6.07, 6.45) is 0. The third-order valence-electron chi connectivity index (χ3n) is 3.03. The number of ether oxygens (including phenoxy) is 1. The van der Waals surface area contributed by atoms with Crippen LogP contribution in [0.4, 0.5) is 11.4 Å². The number of carboxylic acid groups (broad SMARTS) is 1. The van der Waals surface area contributed by atoms with E-state index in [1.54, 1.807) is 37.3 Å². The number of benzene rings is 2. The van der Waals surface area contributed by atoms with Crippen LogP contribution in [0.3, 0.4) is 0 Å². The molecular weight excluding hydrogens is 278 g/mol. The second kappa shape index (κ2) is 5.84. The molecule has 0 heterocycles. The fraction of sp³-hybridized carbons (Fsp3) is 0.133.